The predicted octanol–water partition coefficient (Wildman–Crippen LogP) is 5.23. The first-order valence-electron chi connectivity index (χ1n) is 8.15. The van der Waals surface area contributed by atoms with Gasteiger partial charge in [0.25, 0.3) is 0 Å². The Morgan fingerprint density at radius 1 is 0.500 bits per heavy atom. The molecule has 0 nitrogen and oxygen atoms in total. The topological polar surface area (TPSA) is 0 Å². The monoisotopic (exact) mass is 480 g/mol. The Kier molecular flexibility index (Phi) is 7.24. The number of hydrogen-bond donors (Lipinski definition) is 0. The molecular formula is C21H21PS3Se. The van der Waals surface area contributed by atoms with Gasteiger partial charge in [-0.15, -0.1) is 0 Å². The van der Waals surface area contributed by atoms with E-state index < -0.39 is 5.51 Å². The van der Waals surface area contributed by atoms with Crippen LogP contribution in [0.25, 0.3) is 0 Å². The van der Waals surface area contributed by atoms with Crippen molar-refractivity contribution in [2.75, 3.05) is 18.8 Å². The van der Waals surface area contributed by atoms with Gasteiger partial charge in [-0.3, -0.25) is 0 Å². The third-order valence-corrected chi connectivity index (χ3v) is 13.6. The Balaban J connectivity index is 2.16. The summed E-state index contributed by atoms with van der Waals surface area (Å²) in [4.78, 5) is 3.90. The van der Waals surface area contributed by atoms with Crippen molar-refractivity contribution in [3.8, 4) is 0 Å². The molecule has 0 unspecified atom stereocenters. The fourth-order valence-corrected chi connectivity index (χ4v) is 8.95. The third kappa shape index (κ3) is 4.22. The average Bonchev–Trinajstić information content (AvgIpc) is 2.73. The molecule has 3 rings (SSSR count). The number of hydrogen-bond acceptors (Lipinski definition) is 3. The molecule has 0 atom stereocenters. The van der Waals surface area contributed by atoms with E-state index in [1.54, 1.807) is 35.3 Å². The SMILES string of the molecule is CSc1ccc(P(=[Se])(c2ccc(SC)cc2)c2ccc(SC)cc2)cc1. The van der Waals surface area contributed by atoms with E-state index in [2.05, 4.69) is 107 Å². The van der Waals surface area contributed by atoms with Crippen molar-refractivity contribution in [1.82, 2.24) is 0 Å². The number of rotatable bonds is 6. The molecule has 0 fully saturated rings. The van der Waals surface area contributed by atoms with Crippen molar-refractivity contribution in [1.29, 1.82) is 0 Å². The Morgan fingerprint density at radius 2 is 0.731 bits per heavy atom. The third-order valence-electron chi connectivity index (χ3n) is 4.31. The van der Waals surface area contributed by atoms with Gasteiger partial charge in [-0.1, -0.05) is 0 Å². The number of benzene rings is 3. The van der Waals surface area contributed by atoms with Crippen molar-refractivity contribution in [2.45, 2.75) is 14.7 Å². The van der Waals surface area contributed by atoms with Crippen molar-refractivity contribution in [2.24, 2.45) is 0 Å². The second kappa shape index (κ2) is 9.24. The molecule has 0 aromatic heterocycles. The first-order chi connectivity index (χ1) is 12.6. The summed E-state index contributed by atoms with van der Waals surface area (Å²) in [6, 6.07) is 27.2. The van der Waals surface area contributed by atoms with Crippen LogP contribution < -0.4 is 15.9 Å². The zero-order chi connectivity index (χ0) is 18.6. The summed E-state index contributed by atoms with van der Waals surface area (Å²) >= 11 is 9.00. The minimum absolute atomic E-state index is 1.30. The van der Waals surface area contributed by atoms with Crippen LogP contribution in [0.15, 0.2) is 87.5 Å². The fourth-order valence-electron chi connectivity index (χ4n) is 2.82. The van der Waals surface area contributed by atoms with E-state index >= 15 is 0 Å². The van der Waals surface area contributed by atoms with Crippen LogP contribution in [0.3, 0.4) is 0 Å². The van der Waals surface area contributed by atoms with E-state index in [9.17, 15) is 0 Å². The molecule has 0 heterocycles. The summed E-state index contributed by atoms with van der Waals surface area (Å²) in [6.07, 6.45) is 6.37. The quantitative estimate of drug-likeness (QED) is 0.270. The fraction of sp³-hybridized carbons (Fsp3) is 0.143. The molecule has 3 aromatic rings. The Hall–Kier alpha value is -0.341. The van der Waals surface area contributed by atoms with Gasteiger partial charge in [-0.05, 0) is 0 Å². The summed E-state index contributed by atoms with van der Waals surface area (Å²) in [7, 11) is 0. The molecule has 0 amide bonds. The van der Waals surface area contributed by atoms with Gasteiger partial charge in [0.05, 0.1) is 0 Å². The Labute approximate surface area is 177 Å². The van der Waals surface area contributed by atoms with E-state index in [-0.39, 0.29) is 0 Å². The molecule has 3 aromatic carbocycles. The molecule has 0 spiro atoms. The second-order valence-corrected chi connectivity index (χ2v) is 14.6. The molecule has 0 aliphatic rings. The van der Waals surface area contributed by atoms with Crippen LogP contribution in [0.4, 0.5) is 0 Å². The molecule has 0 aliphatic carbocycles. The zero-order valence-electron chi connectivity index (χ0n) is 15.0. The molecule has 134 valence electrons. The molecule has 0 bridgehead atoms. The van der Waals surface area contributed by atoms with Gasteiger partial charge in [-0.2, -0.15) is 0 Å². The van der Waals surface area contributed by atoms with Crippen molar-refractivity contribution < 1.29 is 0 Å². The van der Waals surface area contributed by atoms with Crippen LogP contribution in [-0.4, -0.2) is 33.9 Å². The summed E-state index contributed by atoms with van der Waals surface area (Å²) < 4.78 is 0. The Bertz CT molecular complexity index is 781. The van der Waals surface area contributed by atoms with Crippen LogP contribution >= 0.6 is 40.8 Å². The standard InChI is InChI=1S/C21H21PS3Se/c1-23-19-10-4-16(5-11-19)22(26,17-6-12-20(24-2)13-7-17)18-8-14-21(25-3)15-9-18/h4-15H,1-3H3. The van der Waals surface area contributed by atoms with Gasteiger partial charge in [0.1, 0.15) is 0 Å². The van der Waals surface area contributed by atoms with Crippen LogP contribution in [0.2, 0.25) is 0 Å². The van der Waals surface area contributed by atoms with Gasteiger partial charge in [0.2, 0.25) is 0 Å². The predicted molar refractivity (Wildman–Crippen MR) is 126 cm³/mol. The van der Waals surface area contributed by atoms with Crippen LogP contribution in [-0.2, 0) is 0 Å². The second-order valence-electron chi connectivity index (χ2n) is 5.70. The Morgan fingerprint density at radius 3 is 0.923 bits per heavy atom. The molecule has 0 saturated heterocycles. The van der Waals surface area contributed by atoms with E-state index in [0.717, 1.165) is 0 Å². The van der Waals surface area contributed by atoms with Crippen LogP contribution in [0.1, 0.15) is 0 Å². The van der Waals surface area contributed by atoms with Gasteiger partial charge < -0.3 is 0 Å². The van der Waals surface area contributed by atoms with E-state index in [0.29, 0.717) is 0 Å². The zero-order valence-corrected chi connectivity index (χ0v) is 20.1. The van der Waals surface area contributed by atoms with Crippen LogP contribution in [0.5, 0.6) is 0 Å². The normalized spacial score (nSPS) is 11.5. The molecule has 0 saturated carbocycles. The van der Waals surface area contributed by atoms with Gasteiger partial charge in [-0.25, -0.2) is 0 Å². The van der Waals surface area contributed by atoms with E-state index in [4.69, 9.17) is 0 Å². The van der Waals surface area contributed by atoms with Crippen LogP contribution in [0, 0.1) is 0 Å². The summed E-state index contributed by atoms with van der Waals surface area (Å²) in [6.45, 7) is 0. The molecule has 26 heavy (non-hydrogen) atoms. The number of thioether (sulfide) groups is 3. The molecule has 0 aliphatic heterocycles. The molecular weight excluding hydrogens is 458 g/mol. The molecule has 0 N–H and O–H groups in total. The van der Waals surface area contributed by atoms with E-state index in [1.807, 2.05) is 0 Å². The van der Waals surface area contributed by atoms with Gasteiger partial charge >= 0.3 is 178 Å². The van der Waals surface area contributed by atoms with Gasteiger partial charge in [0.15, 0.2) is 0 Å². The van der Waals surface area contributed by atoms with E-state index in [1.165, 1.54) is 30.6 Å². The summed E-state index contributed by atoms with van der Waals surface area (Å²) in [5, 5.41) is 4.14. The summed E-state index contributed by atoms with van der Waals surface area (Å²) in [5.74, 6) is 0. The van der Waals surface area contributed by atoms with Crippen molar-refractivity contribution in [3.63, 3.8) is 0 Å². The molecule has 0 radical (unpaired) electrons. The first-order valence-corrected chi connectivity index (χ1v) is 15.8. The minimum atomic E-state index is -1.77. The van der Waals surface area contributed by atoms with Crippen molar-refractivity contribution >= 4 is 71.8 Å². The summed E-state index contributed by atoms with van der Waals surface area (Å²) in [5.41, 5.74) is -1.77. The molecule has 5 heteroatoms. The maximum absolute atomic E-state index is 3.64. The first kappa shape index (κ1) is 20.4. The maximum atomic E-state index is 3.64. The van der Waals surface area contributed by atoms with Crippen molar-refractivity contribution in [3.05, 3.63) is 72.8 Å². The van der Waals surface area contributed by atoms with Gasteiger partial charge in [0, 0.05) is 0 Å². The average molecular weight is 480 g/mol.